The van der Waals surface area contributed by atoms with E-state index in [1.54, 1.807) is 36.4 Å². The van der Waals surface area contributed by atoms with E-state index in [9.17, 15) is 9.59 Å². The number of nitrogens with zero attached hydrogens (tertiary/aromatic N) is 1. The molecule has 1 amide bonds. The molecule has 5 nitrogen and oxygen atoms in total. The molecule has 0 spiro atoms. The van der Waals surface area contributed by atoms with Gasteiger partial charge in [-0.15, -0.1) is 0 Å². The molecule has 2 aromatic rings. The van der Waals surface area contributed by atoms with Crippen molar-refractivity contribution in [1.29, 1.82) is 0 Å². The first-order chi connectivity index (χ1) is 13.1. The summed E-state index contributed by atoms with van der Waals surface area (Å²) in [7, 11) is 0. The van der Waals surface area contributed by atoms with E-state index in [-0.39, 0.29) is 24.3 Å². The largest absolute Gasteiger partial charge is 0.484 e. The molecule has 27 heavy (non-hydrogen) atoms. The fraction of sp³-hybridized carbons (Fsp3) is 0.364. The average Bonchev–Trinajstić information content (AvgIpc) is 3.29. The van der Waals surface area contributed by atoms with E-state index in [2.05, 4.69) is 0 Å². The maximum Gasteiger partial charge on any atom is 0.260 e. The van der Waals surface area contributed by atoms with Gasteiger partial charge in [0, 0.05) is 30.3 Å². The molecule has 4 rings (SSSR count). The molecule has 2 aliphatic rings. The van der Waals surface area contributed by atoms with Crippen molar-refractivity contribution >= 4 is 11.7 Å². The predicted molar refractivity (Wildman–Crippen MR) is 103 cm³/mol. The molecule has 1 aliphatic carbocycles. The third-order valence-electron chi connectivity index (χ3n) is 5.78. The molecule has 3 atom stereocenters. The summed E-state index contributed by atoms with van der Waals surface area (Å²) in [6, 6.07) is 16.3. The normalized spacial score (nSPS) is 23.9. The average molecular weight is 364 g/mol. The number of rotatable bonds is 5. The number of hydrogen-bond donors (Lipinski definition) is 1. The van der Waals surface area contributed by atoms with Crippen LogP contribution in [0.4, 0.5) is 0 Å². The van der Waals surface area contributed by atoms with Crippen molar-refractivity contribution in [3.63, 3.8) is 0 Å². The number of nitrogens with two attached hydrogens (primary N) is 1. The van der Waals surface area contributed by atoms with Gasteiger partial charge in [0.1, 0.15) is 5.75 Å². The first-order valence-corrected chi connectivity index (χ1v) is 9.48. The van der Waals surface area contributed by atoms with Gasteiger partial charge in [0.05, 0.1) is 0 Å². The first-order valence-electron chi connectivity index (χ1n) is 9.48. The van der Waals surface area contributed by atoms with E-state index in [0.717, 1.165) is 25.9 Å². The molecular formula is C22H24N2O3. The highest BCUT2D eigenvalue weighted by Gasteiger charge is 2.42. The molecule has 1 saturated carbocycles. The van der Waals surface area contributed by atoms with E-state index in [1.807, 2.05) is 23.1 Å². The van der Waals surface area contributed by atoms with Crippen molar-refractivity contribution in [3.8, 4) is 5.75 Å². The summed E-state index contributed by atoms with van der Waals surface area (Å²) < 4.78 is 5.64. The van der Waals surface area contributed by atoms with Crippen LogP contribution in [-0.4, -0.2) is 42.3 Å². The van der Waals surface area contributed by atoms with Crippen molar-refractivity contribution in [2.24, 2.45) is 17.6 Å². The Bertz CT molecular complexity index is 819. The first kappa shape index (κ1) is 17.7. The van der Waals surface area contributed by atoms with Gasteiger partial charge in [0.25, 0.3) is 5.91 Å². The van der Waals surface area contributed by atoms with Gasteiger partial charge in [-0.05, 0) is 48.9 Å². The Kier molecular flexibility index (Phi) is 4.94. The molecule has 1 saturated heterocycles. The van der Waals surface area contributed by atoms with E-state index in [4.69, 9.17) is 10.5 Å². The summed E-state index contributed by atoms with van der Waals surface area (Å²) in [5.74, 6) is 1.55. The SMILES string of the molecule is NC1CCC2CN(C(=O)COc3ccc(C(=O)c4ccccc4)cc3)CC12. The molecule has 2 fully saturated rings. The van der Waals surface area contributed by atoms with Crippen molar-refractivity contribution < 1.29 is 14.3 Å². The number of fused-ring (bicyclic) bond motifs is 1. The second-order valence-electron chi connectivity index (χ2n) is 7.47. The van der Waals surface area contributed by atoms with Crippen LogP contribution in [0.15, 0.2) is 54.6 Å². The Hall–Kier alpha value is -2.66. The number of carbonyl (C=O) groups is 2. The molecular weight excluding hydrogens is 340 g/mol. The number of hydrogen-bond acceptors (Lipinski definition) is 4. The number of carbonyl (C=O) groups excluding carboxylic acids is 2. The molecule has 3 unspecified atom stereocenters. The number of ketones is 1. The Labute approximate surface area is 159 Å². The maximum absolute atomic E-state index is 12.4. The minimum Gasteiger partial charge on any atom is -0.484 e. The van der Waals surface area contributed by atoms with Crippen LogP contribution in [0.5, 0.6) is 5.75 Å². The zero-order chi connectivity index (χ0) is 18.8. The smallest absolute Gasteiger partial charge is 0.260 e. The van der Waals surface area contributed by atoms with Gasteiger partial charge in [-0.25, -0.2) is 0 Å². The number of benzene rings is 2. The molecule has 0 aromatic heterocycles. The molecule has 2 aromatic carbocycles. The summed E-state index contributed by atoms with van der Waals surface area (Å²) in [5.41, 5.74) is 7.38. The summed E-state index contributed by atoms with van der Waals surface area (Å²) in [4.78, 5) is 26.7. The van der Waals surface area contributed by atoms with Crippen LogP contribution >= 0.6 is 0 Å². The molecule has 2 N–H and O–H groups in total. The zero-order valence-corrected chi connectivity index (χ0v) is 15.2. The molecule has 1 heterocycles. The molecule has 5 heteroatoms. The lowest BCUT2D eigenvalue weighted by Gasteiger charge is -2.19. The monoisotopic (exact) mass is 364 g/mol. The van der Waals surface area contributed by atoms with Crippen molar-refractivity contribution in [2.45, 2.75) is 18.9 Å². The molecule has 0 radical (unpaired) electrons. The van der Waals surface area contributed by atoms with Gasteiger partial charge in [0.15, 0.2) is 12.4 Å². The van der Waals surface area contributed by atoms with Crippen LogP contribution in [0.3, 0.4) is 0 Å². The highest BCUT2D eigenvalue weighted by molar-refractivity contribution is 6.08. The van der Waals surface area contributed by atoms with Crippen LogP contribution in [-0.2, 0) is 4.79 Å². The lowest BCUT2D eigenvalue weighted by molar-refractivity contribution is -0.132. The summed E-state index contributed by atoms with van der Waals surface area (Å²) in [6.07, 6.45) is 2.19. The topological polar surface area (TPSA) is 72.6 Å². The van der Waals surface area contributed by atoms with E-state index < -0.39 is 0 Å². The molecule has 1 aliphatic heterocycles. The maximum atomic E-state index is 12.4. The van der Waals surface area contributed by atoms with Crippen LogP contribution in [0, 0.1) is 11.8 Å². The van der Waals surface area contributed by atoms with Crippen LogP contribution < -0.4 is 10.5 Å². The number of likely N-dealkylation sites (tertiary alicyclic amines) is 1. The lowest BCUT2D eigenvalue weighted by Crippen LogP contribution is -2.36. The molecule has 0 bridgehead atoms. The van der Waals surface area contributed by atoms with Gasteiger partial charge in [-0.1, -0.05) is 30.3 Å². The minimum absolute atomic E-state index is 0.000962. The van der Waals surface area contributed by atoms with Crippen LogP contribution in [0.2, 0.25) is 0 Å². The summed E-state index contributed by atoms with van der Waals surface area (Å²) in [6.45, 7) is 1.56. The predicted octanol–water partition coefficient (Wildman–Crippen LogP) is 2.49. The number of amides is 1. The van der Waals surface area contributed by atoms with E-state index in [0.29, 0.717) is 28.7 Å². The van der Waals surface area contributed by atoms with E-state index in [1.165, 1.54) is 0 Å². The van der Waals surface area contributed by atoms with Gasteiger partial charge in [0.2, 0.25) is 0 Å². The molecule has 140 valence electrons. The number of ether oxygens (including phenoxy) is 1. The minimum atomic E-state index is -0.0295. The fourth-order valence-electron chi connectivity index (χ4n) is 4.21. The Morgan fingerprint density at radius 1 is 0.963 bits per heavy atom. The Balaban J connectivity index is 1.31. The van der Waals surface area contributed by atoms with Crippen LogP contribution in [0.25, 0.3) is 0 Å². The third-order valence-corrected chi connectivity index (χ3v) is 5.78. The quantitative estimate of drug-likeness (QED) is 0.828. The third kappa shape index (κ3) is 3.74. The van der Waals surface area contributed by atoms with Gasteiger partial charge >= 0.3 is 0 Å². The zero-order valence-electron chi connectivity index (χ0n) is 15.2. The van der Waals surface area contributed by atoms with Gasteiger partial charge in [-0.2, -0.15) is 0 Å². The second-order valence-corrected chi connectivity index (χ2v) is 7.47. The Morgan fingerprint density at radius 3 is 2.37 bits per heavy atom. The van der Waals surface area contributed by atoms with Gasteiger partial charge < -0.3 is 15.4 Å². The Morgan fingerprint density at radius 2 is 1.67 bits per heavy atom. The van der Waals surface area contributed by atoms with E-state index >= 15 is 0 Å². The van der Waals surface area contributed by atoms with Crippen molar-refractivity contribution in [3.05, 3.63) is 65.7 Å². The van der Waals surface area contributed by atoms with Crippen LogP contribution in [0.1, 0.15) is 28.8 Å². The standard InChI is InChI=1S/C22H24N2O3/c23-20-11-8-17-12-24(13-19(17)20)21(25)14-27-18-9-6-16(7-10-18)22(26)15-4-2-1-3-5-15/h1-7,9-10,17,19-20H,8,11-14,23H2. The summed E-state index contributed by atoms with van der Waals surface area (Å²) in [5, 5.41) is 0. The van der Waals surface area contributed by atoms with Crippen molar-refractivity contribution in [2.75, 3.05) is 19.7 Å². The summed E-state index contributed by atoms with van der Waals surface area (Å²) >= 11 is 0. The lowest BCUT2D eigenvalue weighted by atomic mass is 9.98. The second kappa shape index (κ2) is 7.53. The van der Waals surface area contributed by atoms with Gasteiger partial charge in [-0.3, -0.25) is 9.59 Å². The van der Waals surface area contributed by atoms with Crippen molar-refractivity contribution in [1.82, 2.24) is 4.90 Å². The highest BCUT2D eigenvalue weighted by atomic mass is 16.5. The highest BCUT2D eigenvalue weighted by Crippen LogP contribution is 2.37. The fourth-order valence-corrected chi connectivity index (χ4v) is 4.21.